The maximum atomic E-state index is 12.8. The quantitative estimate of drug-likeness (QED) is 0.797. The number of ketones is 1. The van der Waals surface area contributed by atoms with Gasteiger partial charge in [-0.2, -0.15) is 0 Å². The number of Topliss-reactive ketones (excluding diaryl/α,β-unsaturated/α-hetero) is 1. The number of rotatable bonds is 3. The number of hydrogen-bond acceptors (Lipinski definition) is 3. The van der Waals surface area contributed by atoms with Crippen LogP contribution in [0.1, 0.15) is 80.6 Å². The highest BCUT2D eigenvalue weighted by molar-refractivity contribution is 6.38. The van der Waals surface area contributed by atoms with Crippen LogP contribution in [0, 0.1) is 0 Å². The van der Waals surface area contributed by atoms with E-state index < -0.39 is 17.7 Å². The zero-order chi connectivity index (χ0) is 19.5. The van der Waals surface area contributed by atoms with E-state index in [0.29, 0.717) is 18.5 Å². The van der Waals surface area contributed by atoms with Gasteiger partial charge >= 0.3 is 0 Å². The Kier molecular flexibility index (Phi) is 9.02. The molecule has 2 rings (SSSR count). The molecule has 0 aromatic heterocycles. The van der Waals surface area contributed by atoms with Crippen LogP contribution in [0.3, 0.4) is 0 Å². The standard InChI is InChI=1S/C22H32N2O3/c1-2-23-22(27)20(25)19-16-10-8-6-4-3-5-7-9-13-17-14-11-12-15-18(17)21(26)24-19/h11-12,14-15,19H,2-10,13,16H2,1H3,(H,23,27)(H,24,26)/t19-/m0/s1. The summed E-state index contributed by atoms with van der Waals surface area (Å²) in [5.74, 6) is -1.43. The van der Waals surface area contributed by atoms with Crippen molar-refractivity contribution in [1.29, 1.82) is 0 Å². The summed E-state index contributed by atoms with van der Waals surface area (Å²) in [5.41, 5.74) is 1.62. The molecule has 1 aromatic carbocycles. The van der Waals surface area contributed by atoms with Crippen molar-refractivity contribution in [2.75, 3.05) is 6.54 Å². The van der Waals surface area contributed by atoms with Gasteiger partial charge in [0.2, 0.25) is 5.78 Å². The van der Waals surface area contributed by atoms with Gasteiger partial charge in [-0.05, 0) is 37.8 Å². The molecule has 2 N–H and O–H groups in total. The average Bonchev–Trinajstić information content (AvgIpc) is 2.68. The number of benzene rings is 1. The summed E-state index contributed by atoms with van der Waals surface area (Å²) in [6.45, 7) is 2.17. The van der Waals surface area contributed by atoms with Crippen LogP contribution in [0.4, 0.5) is 0 Å². The van der Waals surface area contributed by atoms with Crippen LogP contribution in [0.5, 0.6) is 0 Å². The van der Waals surface area contributed by atoms with E-state index in [0.717, 1.165) is 37.7 Å². The summed E-state index contributed by atoms with van der Waals surface area (Å²) in [7, 11) is 0. The predicted octanol–water partition coefficient (Wildman–Crippen LogP) is 3.56. The fourth-order valence-electron chi connectivity index (χ4n) is 3.60. The van der Waals surface area contributed by atoms with Crippen LogP contribution in [0.2, 0.25) is 0 Å². The van der Waals surface area contributed by atoms with E-state index in [9.17, 15) is 14.4 Å². The van der Waals surface area contributed by atoms with Crippen LogP contribution < -0.4 is 10.6 Å². The van der Waals surface area contributed by atoms with Crippen molar-refractivity contribution in [2.45, 2.75) is 77.2 Å². The fraction of sp³-hybridized carbons (Fsp3) is 0.591. The first kappa shape index (κ1) is 21.1. The molecule has 0 saturated heterocycles. The van der Waals surface area contributed by atoms with Crippen molar-refractivity contribution in [3.05, 3.63) is 35.4 Å². The molecule has 0 aliphatic carbocycles. The largest absolute Gasteiger partial charge is 0.350 e. The summed E-state index contributed by atoms with van der Waals surface area (Å²) >= 11 is 0. The number of carbonyl (C=O) groups excluding carboxylic acids is 3. The van der Waals surface area contributed by atoms with Crippen LogP contribution >= 0.6 is 0 Å². The third-order valence-electron chi connectivity index (χ3n) is 5.13. The van der Waals surface area contributed by atoms with Gasteiger partial charge < -0.3 is 10.6 Å². The SMILES string of the molecule is CCNC(=O)C(=O)[C@@H]1CCCCCCCCCCc2ccccc2C(=O)N1. The van der Waals surface area contributed by atoms with Crippen molar-refractivity contribution in [3.63, 3.8) is 0 Å². The Balaban J connectivity index is 2.18. The highest BCUT2D eigenvalue weighted by Gasteiger charge is 2.27. The van der Waals surface area contributed by atoms with Crippen molar-refractivity contribution in [2.24, 2.45) is 0 Å². The maximum absolute atomic E-state index is 12.8. The van der Waals surface area contributed by atoms with E-state index >= 15 is 0 Å². The molecule has 1 atom stereocenters. The number of amides is 2. The Morgan fingerprint density at radius 3 is 2.33 bits per heavy atom. The van der Waals surface area contributed by atoms with Gasteiger partial charge in [0.05, 0.1) is 6.04 Å². The lowest BCUT2D eigenvalue weighted by Crippen LogP contribution is -2.47. The number of aryl methyl sites for hydroxylation is 1. The van der Waals surface area contributed by atoms with Crippen molar-refractivity contribution >= 4 is 17.6 Å². The normalized spacial score (nSPS) is 19.7. The number of carbonyl (C=O) groups is 3. The molecule has 1 aliphatic heterocycles. The molecule has 2 amide bonds. The fourth-order valence-corrected chi connectivity index (χ4v) is 3.60. The van der Waals surface area contributed by atoms with E-state index in [-0.39, 0.29) is 5.91 Å². The van der Waals surface area contributed by atoms with Gasteiger partial charge in [0.1, 0.15) is 0 Å². The zero-order valence-corrected chi connectivity index (χ0v) is 16.4. The molecule has 0 fully saturated rings. The Morgan fingerprint density at radius 1 is 1.00 bits per heavy atom. The Hall–Kier alpha value is -2.17. The Bertz CT molecular complexity index is 642. The Labute approximate surface area is 162 Å². The number of fused-ring (bicyclic) bond motifs is 1. The first-order valence-corrected chi connectivity index (χ1v) is 10.3. The van der Waals surface area contributed by atoms with Gasteiger partial charge in [0, 0.05) is 12.1 Å². The first-order valence-electron chi connectivity index (χ1n) is 10.3. The van der Waals surface area contributed by atoms with E-state index in [2.05, 4.69) is 10.6 Å². The molecule has 5 heteroatoms. The minimum atomic E-state index is -0.762. The van der Waals surface area contributed by atoms with E-state index in [4.69, 9.17) is 0 Å². The van der Waals surface area contributed by atoms with Gasteiger partial charge in [-0.15, -0.1) is 0 Å². The Morgan fingerprint density at radius 2 is 1.63 bits per heavy atom. The molecule has 5 nitrogen and oxygen atoms in total. The molecule has 0 saturated carbocycles. The third kappa shape index (κ3) is 6.81. The summed E-state index contributed by atoms with van der Waals surface area (Å²) in [4.78, 5) is 37.4. The van der Waals surface area contributed by atoms with Gasteiger partial charge in [-0.1, -0.05) is 63.1 Å². The predicted molar refractivity (Wildman–Crippen MR) is 107 cm³/mol. The molecule has 1 heterocycles. The second kappa shape index (κ2) is 11.5. The monoisotopic (exact) mass is 372 g/mol. The lowest BCUT2D eigenvalue weighted by atomic mass is 9.99. The number of nitrogens with one attached hydrogen (secondary N) is 2. The lowest BCUT2D eigenvalue weighted by Gasteiger charge is -2.18. The second-order valence-electron chi connectivity index (χ2n) is 7.27. The molecule has 0 bridgehead atoms. The molecular weight excluding hydrogens is 340 g/mol. The molecule has 1 aliphatic rings. The van der Waals surface area contributed by atoms with Gasteiger partial charge in [-0.3, -0.25) is 14.4 Å². The van der Waals surface area contributed by atoms with Crippen LogP contribution in [-0.4, -0.2) is 30.2 Å². The molecule has 0 radical (unpaired) electrons. The molecule has 148 valence electrons. The van der Waals surface area contributed by atoms with Crippen LogP contribution in [-0.2, 0) is 16.0 Å². The minimum absolute atomic E-state index is 0.261. The topological polar surface area (TPSA) is 75.3 Å². The molecule has 0 unspecified atom stereocenters. The maximum Gasteiger partial charge on any atom is 0.289 e. The lowest BCUT2D eigenvalue weighted by molar-refractivity contribution is -0.139. The van der Waals surface area contributed by atoms with Crippen LogP contribution in [0.15, 0.2) is 24.3 Å². The highest BCUT2D eigenvalue weighted by Crippen LogP contribution is 2.17. The summed E-state index contributed by atoms with van der Waals surface area (Å²) in [6, 6.07) is 6.80. The number of hydrogen-bond donors (Lipinski definition) is 2. The van der Waals surface area contributed by atoms with Crippen molar-refractivity contribution < 1.29 is 14.4 Å². The van der Waals surface area contributed by atoms with Gasteiger partial charge in [0.15, 0.2) is 0 Å². The van der Waals surface area contributed by atoms with Crippen LogP contribution in [0.25, 0.3) is 0 Å². The summed E-state index contributed by atoms with van der Waals surface area (Å²) < 4.78 is 0. The third-order valence-corrected chi connectivity index (χ3v) is 5.13. The zero-order valence-electron chi connectivity index (χ0n) is 16.4. The second-order valence-corrected chi connectivity index (χ2v) is 7.27. The molecular formula is C22H32N2O3. The van der Waals surface area contributed by atoms with E-state index in [1.54, 1.807) is 13.0 Å². The number of likely N-dealkylation sites (N-methyl/N-ethyl adjacent to an activating group) is 1. The minimum Gasteiger partial charge on any atom is -0.350 e. The average molecular weight is 373 g/mol. The van der Waals surface area contributed by atoms with Gasteiger partial charge in [-0.25, -0.2) is 0 Å². The van der Waals surface area contributed by atoms with Gasteiger partial charge in [0.25, 0.3) is 11.8 Å². The van der Waals surface area contributed by atoms with Crippen molar-refractivity contribution in [3.8, 4) is 0 Å². The molecule has 0 spiro atoms. The first-order chi connectivity index (χ1) is 13.1. The smallest absolute Gasteiger partial charge is 0.289 e. The van der Waals surface area contributed by atoms with Crippen molar-refractivity contribution in [1.82, 2.24) is 10.6 Å². The molecule has 1 aromatic rings. The van der Waals surface area contributed by atoms with E-state index in [1.807, 2.05) is 18.2 Å². The molecule has 27 heavy (non-hydrogen) atoms. The summed E-state index contributed by atoms with van der Waals surface area (Å²) in [6.07, 6.45) is 10.3. The highest BCUT2D eigenvalue weighted by atomic mass is 16.2. The summed E-state index contributed by atoms with van der Waals surface area (Å²) in [5, 5.41) is 5.38. The van der Waals surface area contributed by atoms with E-state index in [1.165, 1.54) is 25.7 Å².